The van der Waals surface area contributed by atoms with Crippen molar-refractivity contribution in [2.24, 2.45) is 7.05 Å². The fourth-order valence-electron chi connectivity index (χ4n) is 2.55. The molecule has 0 spiro atoms. The minimum atomic E-state index is -0.798. The van der Waals surface area contributed by atoms with E-state index in [4.69, 9.17) is 4.74 Å². The lowest BCUT2D eigenvalue weighted by Crippen LogP contribution is -2.35. The Morgan fingerprint density at radius 3 is 2.50 bits per heavy atom. The molecule has 1 N–H and O–H groups in total. The van der Waals surface area contributed by atoms with E-state index in [2.05, 4.69) is 10.3 Å². The van der Waals surface area contributed by atoms with Gasteiger partial charge in [-0.15, -0.1) is 0 Å². The molecular formula is C19H17F2N3O2. The maximum atomic E-state index is 14.2. The quantitative estimate of drug-likeness (QED) is 0.738. The Morgan fingerprint density at radius 2 is 1.85 bits per heavy atom. The van der Waals surface area contributed by atoms with Gasteiger partial charge in [-0.05, 0) is 18.2 Å². The molecule has 1 atom stereocenters. The monoisotopic (exact) mass is 357 g/mol. The lowest BCUT2D eigenvalue weighted by molar-refractivity contribution is -0.123. The zero-order valence-electron chi connectivity index (χ0n) is 14.0. The molecule has 5 nitrogen and oxygen atoms in total. The second-order valence-electron chi connectivity index (χ2n) is 5.64. The molecule has 26 heavy (non-hydrogen) atoms. The number of hydrogen-bond acceptors (Lipinski definition) is 3. The van der Waals surface area contributed by atoms with Gasteiger partial charge in [0.1, 0.15) is 17.7 Å². The number of benzene rings is 2. The van der Waals surface area contributed by atoms with Crippen LogP contribution < -0.4 is 10.1 Å². The molecule has 0 saturated carbocycles. The van der Waals surface area contributed by atoms with Crippen LogP contribution in [0.25, 0.3) is 0 Å². The number of nitrogens with zero attached hydrogens (tertiary/aromatic N) is 2. The molecule has 7 heteroatoms. The van der Waals surface area contributed by atoms with Crippen LogP contribution >= 0.6 is 0 Å². The molecule has 1 amide bonds. The summed E-state index contributed by atoms with van der Waals surface area (Å²) in [6.45, 7) is -0.406. The maximum Gasteiger partial charge on any atom is 0.258 e. The van der Waals surface area contributed by atoms with Gasteiger partial charge >= 0.3 is 0 Å². The van der Waals surface area contributed by atoms with E-state index in [1.54, 1.807) is 48.3 Å². The van der Waals surface area contributed by atoms with Crippen LogP contribution in [0.3, 0.4) is 0 Å². The van der Waals surface area contributed by atoms with Gasteiger partial charge < -0.3 is 14.6 Å². The predicted molar refractivity (Wildman–Crippen MR) is 91.5 cm³/mol. The van der Waals surface area contributed by atoms with Crippen molar-refractivity contribution in [3.05, 3.63) is 83.9 Å². The summed E-state index contributed by atoms with van der Waals surface area (Å²) in [6, 6.07) is 11.1. The second-order valence-corrected chi connectivity index (χ2v) is 5.64. The van der Waals surface area contributed by atoms with E-state index in [-0.39, 0.29) is 11.3 Å². The Bertz CT molecular complexity index is 911. The van der Waals surface area contributed by atoms with E-state index < -0.39 is 30.2 Å². The van der Waals surface area contributed by atoms with Crippen molar-refractivity contribution < 1.29 is 18.3 Å². The van der Waals surface area contributed by atoms with Crippen LogP contribution in [0.15, 0.2) is 60.9 Å². The van der Waals surface area contributed by atoms with Gasteiger partial charge in [-0.3, -0.25) is 4.79 Å². The summed E-state index contributed by atoms with van der Waals surface area (Å²) in [7, 11) is 1.75. The molecule has 0 fully saturated rings. The molecule has 3 aromatic rings. The third-order valence-electron chi connectivity index (χ3n) is 3.83. The van der Waals surface area contributed by atoms with Crippen LogP contribution in [0.4, 0.5) is 8.78 Å². The number of aromatic nitrogens is 2. The molecule has 0 aliphatic heterocycles. The number of halogens is 2. The number of para-hydroxylation sites is 1. The number of carbonyl (C=O) groups is 1. The molecule has 0 bridgehead atoms. The van der Waals surface area contributed by atoms with E-state index in [9.17, 15) is 13.6 Å². The molecule has 3 rings (SSSR count). The number of ether oxygens (including phenoxy) is 1. The van der Waals surface area contributed by atoms with Gasteiger partial charge in [-0.2, -0.15) is 0 Å². The fraction of sp³-hybridized carbons (Fsp3) is 0.158. The van der Waals surface area contributed by atoms with Crippen LogP contribution in [-0.2, 0) is 11.8 Å². The van der Waals surface area contributed by atoms with Gasteiger partial charge in [-0.1, -0.05) is 30.3 Å². The first-order chi connectivity index (χ1) is 12.6. The minimum absolute atomic E-state index is 0.0258. The van der Waals surface area contributed by atoms with Crippen molar-refractivity contribution in [3.63, 3.8) is 0 Å². The Morgan fingerprint density at radius 1 is 1.15 bits per heavy atom. The highest BCUT2D eigenvalue weighted by atomic mass is 19.1. The van der Waals surface area contributed by atoms with E-state index in [1.807, 2.05) is 0 Å². The lowest BCUT2D eigenvalue weighted by atomic mass is 10.1. The molecule has 134 valence electrons. The van der Waals surface area contributed by atoms with E-state index in [1.165, 1.54) is 24.3 Å². The Balaban J connectivity index is 1.78. The summed E-state index contributed by atoms with van der Waals surface area (Å²) in [5, 5.41) is 2.70. The highest BCUT2D eigenvalue weighted by Crippen LogP contribution is 2.23. The normalized spacial score (nSPS) is 11.8. The van der Waals surface area contributed by atoms with Crippen LogP contribution in [0, 0.1) is 11.6 Å². The summed E-state index contributed by atoms with van der Waals surface area (Å²) in [5.41, 5.74) is 0.279. The van der Waals surface area contributed by atoms with Crippen LogP contribution in [0.2, 0.25) is 0 Å². The predicted octanol–water partition coefficient (Wildman–Crippen LogP) is 2.98. The van der Waals surface area contributed by atoms with Gasteiger partial charge in [-0.25, -0.2) is 13.8 Å². The number of hydrogen-bond donors (Lipinski definition) is 1. The smallest absolute Gasteiger partial charge is 0.258 e. The zero-order valence-corrected chi connectivity index (χ0v) is 14.0. The van der Waals surface area contributed by atoms with Crippen molar-refractivity contribution in [3.8, 4) is 5.75 Å². The Kier molecular flexibility index (Phi) is 5.26. The van der Waals surface area contributed by atoms with Crippen molar-refractivity contribution in [1.82, 2.24) is 14.9 Å². The van der Waals surface area contributed by atoms with Gasteiger partial charge in [0.25, 0.3) is 5.91 Å². The van der Waals surface area contributed by atoms with Crippen LogP contribution in [0.1, 0.15) is 17.4 Å². The maximum absolute atomic E-state index is 14.2. The number of rotatable bonds is 6. The molecule has 0 saturated heterocycles. The Hall–Kier alpha value is -3.22. The number of amides is 1. The Labute approximate surface area is 149 Å². The van der Waals surface area contributed by atoms with E-state index in [0.29, 0.717) is 5.82 Å². The molecule has 0 aliphatic carbocycles. The summed E-state index contributed by atoms with van der Waals surface area (Å²) >= 11 is 0. The average molecular weight is 357 g/mol. The van der Waals surface area contributed by atoms with Crippen molar-refractivity contribution in [2.45, 2.75) is 6.04 Å². The molecule has 2 aromatic carbocycles. The van der Waals surface area contributed by atoms with Crippen LogP contribution in [-0.4, -0.2) is 22.1 Å². The van der Waals surface area contributed by atoms with Gasteiger partial charge in [0.15, 0.2) is 18.2 Å². The molecule has 0 aliphatic rings. The number of nitrogens with one attached hydrogen (secondary N) is 1. The average Bonchev–Trinajstić information content (AvgIpc) is 3.05. The summed E-state index contributed by atoms with van der Waals surface area (Å²) in [5.74, 6) is -1.10. The van der Waals surface area contributed by atoms with E-state index in [0.717, 1.165) is 0 Å². The SMILES string of the molecule is Cn1ccnc1[C@H](NC(=O)COc1ccccc1F)c1ccccc1F. The highest BCUT2D eigenvalue weighted by Gasteiger charge is 2.23. The molecule has 1 heterocycles. The van der Waals surface area contributed by atoms with Gasteiger partial charge in [0.05, 0.1) is 0 Å². The standard InChI is InChI=1S/C19H17F2N3O2/c1-24-11-10-22-19(24)18(13-6-2-3-7-14(13)20)23-17(25)12-26-16-9-5-4-8-15(16)21/h2-11,18H,12H2,1H3,(H,23,25)/t18-/m1/s1. The largest absolute Gasteiger partial charge is 0.481 e. The minimum Gasteiger partial charge on any atom is -0.481 e. The fourth-order valence-corrected chi connectivity index (χ4v) is 2.55. The summed E-state index contributed by atoms with van der Waals surface area (Å²) in [6.07, 6.45) is 3.26. The third-order valence-corrected chi connectivity index (χ3v) is 3.83. The van der Waals surface area contributed by atoms with Gasteiger partial charge in [0.2, 0.25) is 0 Å². The molecule has 0 unspecified atom stereocenters. The first-order valence-electron chi connectivity index (χ1n) is 7.94. The summed E-state index contributed by atoms with van der Waals surface area (Å²) < 4.78 is 34.7. The zero-order chi connectivity index (χ0) is 18.5. The topological polar surface area (TPSA) is 56.2 Å². The van der Waals surface area contributed by atoms with Crippen molar-refractivity contribution in [2.75, 3.05) is 6.61 Å². The number of aryl methyl sites for hydroxylation is 1. The third kappa shape index (κ3) is 3.88. The highest BCUT2D eigenvalue weighted by molar-refractivity contribution is 5.78. The van der Waals surface area contributed by atoms with Crippen LogP contribution in [0.5, 0.6) is 5.75 Å². The van der Waals surface area contributed by atoms with E-state index >= 15 is 0 Å². The first kappa shape index (κ1) is 17.6. The number of carbonyl (C=O) groups excluding carboxylic acids is 1. The van der Waals surface area contributed by atoms with Crippen molar-refractivity contribution >= 4 is 5.91 Å². The summed E-state index contributed by atoms with van der Waals surface area (Å²) in [4.78, 5) is 16.5. The lowest BCUT2D eigenvalue weighted by Gasteiger charge is -2.20. The van der Waals surface area contributed by atoms with Crippen molar-refractivity contribution in [1.29, 1.82) is 0 Å². The molecule has 0 radical (unpaired) electrons. The van der Waals surface area contributed by atoms with Gasteiger partial charge in [0, 0.05) is 25.0 Å². The second kappa shape index (κ2) is 7.77. The first-order valence-corrected chi connectivity index (χ1v) is 7.94. The molecular weight excluding hydrogens is 340 g/mol. The number of imidazole rings is 1. The molecule has 1 aromatic heterocycles.